The molecule has 1 aliphatic heterocycles. The van der Waals surface area contributed by atoms with E-state index in [1.807, 2.05) is 0 Å². The van der Waals surface area contributed by atoms with Gasteiger partial charge in [0, 0.05) is 9.83 Å². The van der Waals surface area contributed by atoms with E-state index in [0.29, 0.717) is 0 Å². The Kier molecular flexibility index (Phi) is 3.15. The second-order valence-electron chi connectivity index (χ2n) is 0.591. The number of hydrogen-bond acceptors (Lipinski definition) is 6. The number of rotatable bonds is 0. The Morgan fingerprint density at radius 3 is 2.14 bits per heavy atom. The highest BCUT2D eigenvalue weighted by Gasteiger charge is 2.14. The summed E-state index contributed by atoms with van der Waals surface area (Å²) in [5, 5.41) is 0. The fourth-order valence-electron chi connectivity index (χ4n) is 0.101. The Morgan fingerprint density at radius 1 is 1.29 bits per heavy atom. The van der Waals surface area contributed by atoms with Crippen LogP contribution in [0.15, 0.2) is 0 Å². The molecule has 0 saturated carbocycles. The van der Waals surface area contributed by atoms with Gasteiger partial charge in [-0.15, -0.1) is 0 Å². The van der Waals surface area contributed by atoms with Gasteiger partial charge < -0.3 is 4.89 Å². The summed E-state index contributed by atoms with van der Waals surface area (Å²) in [4.78, 5) is 8.47. The van der Waals surface area contributed by atoms with E-state index < -0.39 is 8.60 Å². The third-order valence-corrected chi connectivity index (χ3v) is 4.29. The van der Waals surface area contributed by atoms with Gasteiger partial charge in [-0.25, -0.2) is 7.94 Å². The summed E-state index contributed by atoms with van der Waals surface area (Å²) in [6, 6.07) is 0. The predicted octanol–water partition coefficient (Wildman–Crippen LogP) is 2.11. The molecule has 1 saturated heterocycles. The molecule has 0 atom stereocenters. The summed E-state index contributed by atoms with van der Waals surface area (Å²) in [7, 11) is -0.243. The normalized spacial score (nSPS) is 25.3. The topological polar surface area (TPSA) is 38.7 Å². The van der Waals surface area contributed by atoms with Gasteiger partial charge in [0.1, 0.15) is 0 Å². The molecule has 7 heavy (non-hydrogen) atoms. The first-order valence-electron chi connectivity index (χ1n) is 1.23. The van der Waals surface area contributed by atoms with Crippen LogP contribution in [0.4, 0.5) is 0 Å². The zero-order valence-corrected chi connectivity index (χ0v) is 6.28. The average Bonchev–Trinajstić information content (AvgIpc) is 1.69. The van der Waals surface area contributed by atoms with E-state index in [1.165, 1.54) is 9.83 Å². The highest BCUT2D eigenvalue weighted by atomic mass is 33.5. The fourth-order valence-corrected chi connectivity index (χ4v) is 4.06. The van der Waals surface area contributed by atoms with Crippen molar-refractivity contribution >= 4 is 40.6 Å². The Hall–Kier alpha value is 1.36. The zero-order valence-electron chi connectivity index (χ0n) is 2.94. The van der Waals surface area contributed by atoms with Gasteiger partial charge in [-0.05, 0) is 0 Å². The van der Waals surface area contributed by atoms with E-state index in [2.05, 4.69) is 7.94 Å². The second-order valence-corrected chi connectivity index (χ2v) is 5.12. The first kappa shape index (κ1) is 6.48. The lowest BCUT2D eigenvalue weighted by Gasteiger charge is -2.09. The van der Waals surface area contributed by atoms with Crippen LogP contribution in [0, 0.1) is 0 Å². The molecule has 0 aromatic carbocycles. The Bertz CT molecular complexity index is 52.1. The summed E-state index contributed by atoms with van der Waals surface area (Å²) in [5.41, 5.74) is 0. The monoisotopic (exact) mass is 176 g/mol. The van der Waals surface area contributed by atoms with Gasteiger partial charge in [-0.3, -0.25) is 0 Å². The highest BCUT2D eigenvalue weighted by Crippen LogP contribution is 2.57. The van der Waals surface area contributed by atoms with Gasteiger partial charge in [-0.2, -0.15) is 0 Å². The van der Waals surface area contributed by atoms with E-state index in [4.69, 9.17) is 4.89 Å². The van der Waals surface area contributed by atoms with Crippen molar-refractivity contribution in [2.45, 2.75) is 0 Å². The highest BCUT2D eigenvalue weighted by molar-refractivity contribution is 9.08. The van der Waals surface area contributed by atoms with Crippen LogP contribution in [0.5, 0.6) is 0 Å². The third-order valence-electron chi connectivity index (χ3n) is 0.244. The molecule has 1 heterocycles. The molecular formula is HO3PS3. The first-order chi connectivity index (χ1) is 3.39. The molecule has 0 spiro atoms. The Labute approximate surface area is 53.7 Å². The maximum absolute atomic E-state index is 8.47. The summed E-state index contributed by atoms with van der Waals surface area (Å²) in [5.74, 6) is 0. The van der Waals surface area contributed by atoms with Crippen molar-refractivity contribution in [2.75, 3.05) is 0 Å². The quantitative estimate of drug-likeness (QED) is 0.346. The van der Waals surface area contributed by atoms with Crippen LogP contribution in [0.25, 0.3) is 0 Å². The van der Waals surface area contributed by atoms with Gasteiger partial charge in [0.05, 0.1) is 22.1 Å². The second kappa shape index (κ2) is 3.40. The number of hydrogen-bond donors (Lipinski definition) is 1. The zero-order chi connectivity index (χ0) is 5.11. The molecular weight excluding hydrogens is 175 g/mol. The average molecular weight is 176 g/mol. The van der Waals surface area contributed by atoms with E-state index in [-0.39, 0.29) is 0 Å². The molecule has 0 bridgehead atoms. The van der Waals surface area contributed by atoms with Crippen LogP contribution < -0.4 is 0 Å². The SMILES string of the molecule is OP1OSSSO1. The maximum Gasteiger partial charge on any atom is 0.355 e. The molecule has 0 aromatic rings. The lowest BCUT2D eigenvalue weighted by Crippen LogP contribution is -1.75. The molecule has 0 radical (unpaired) electrons. The molecule has 1 rings (SSSR count). The van der Waals surface area contributed by atoms with Crippen molar-refractivity contribution in [1.29, 1.82) is 0 Å². The van der Waals surface area contributed by atoms with Crippen LogP contribution in [0.3, 0.4) is 0 Å². The summed E-state index contributed by atoms with van der Waals surface area (Å²) in [6.45, 7) is 0. The van der Waals surface area contributed by atoms with Crippen LogP contribution in [-0.4, -0.2) is 4.89 Å². The van der Waals surface area contributed by atoms with Crippen molar-refractivity contribution in [3.05, 3.63) is 0 Å². The van der Waals surface area contributed by atoms with E-state index in [9.17, 15) is 0 Å². The van der Waals surface area contributed by atoms with Gasteiger partial charge in [0.25, 0.3) is 0 Å². The Balaban J connectivity index is 2.12. The first-order valence-corrected chi connectivity index (χ1v) is 5.70. The molecule has 0 aromatic heterocycles. The Morgan fingerprint density at radius 2 is 1.86 bits per heavy atom. The van der Waals surface area contributed by atoms with Crippen LogP contribution in [0.1, 0.15) is 0 Å². The van der Waals surface area contributed by atoms with Crippen molar-refractivity contribution in [2.24, 2.45) is 0 Å². The van der Waals surface area contributed by atoms with Crippen LogP contribution in [0.2, 0.25) is 0 Å². The minimum absolute atomic E-state index is 1.14. The van der Waals surface area contributed by atoms with Crippen molar-refractivity contribution in [3.63, 3.8) is 0 Å². The summed E-state index contributed by atoms with van der Waals surface area (Å²) >= 11 is 2.27. The fraction of sp³-hybridized carbons (Fsp3) is 0. The largest absolute Gasteiger partial charge is 0.355 e. The minimum atomic E-state index is -1.59. The molecule has 1 N–H and O–H groups in total. The van der Waals surface area contributed by atoms with Crippen molar-refractivity contribution in [1.82, 2.24) is 0 Å². The van der Waals surface area contributed by atoms with Gasteiger partial charge in [0.2, 0.25) is 0 Å². The molecule has 0 unspecified atom stereocenters. The maximum atomic E-state index is 8.47. The molecule has 0 aliphatic carbocycles. The molecule has 3 nitrogen and oxygen atoms in total. The van der Waals surface area contributed by atoms with E-state index in [0.717, 1.165) is 22.1 Å². The molecule has 7 heteroatoms. The van der Waals surface area contributed by atoms with Crippen LogP contribution in [-0.2, 0) is 7.94 Å². The molecule has 0 amide bonds. The molecule has 1 aliphatic rings. The summed E-state index contributed by atoms with van der Waals surface area (Å²) in [6.07, 6.45) is 0. The lowest BCUT2D eigenvalue weighted by molar-refractivity contribution is 0.433. The van der Waals surface area contributed by atoms with Crippen LogP contribution >= 0.6 is 40.6 Å². The van der Waals surface area contributed by atoms with Crippen molar-refractivity contribution in [3.8, 4) is 0 Å². The van der Waals surface area contributed by atoms with Gasteiger partial charge >= 0.3 is 8.60 Å². The smallest absolute Gasteiger partial charge is 0.327 e. The van der Waals surface area contributed by atoms with E-state index >= 15 is 0 Å². The van der Waals surface area contributed by atoms with Gasteiger partial charge in [-0.1, -0.05) is 0 Å². The predicted molar refractivity (Wildman–Crippen MR) is 34.1 cm³/mol. The molecule has 42 valence electrons. The van der Waals surface area contributed by atoms with E-state index in [1.54, 1.807) is 0 Å². The summed E-state index contributed by atoms with van der Waals surface area (Å²) < 4.78 is 9.07. The molecule has 1 fully saturated rings. The minimum Gasteiger partial charge on any atom is -0.327 e. The lowest BCUT2D eigenvalue weighted by atomic mass is 15.8. The standard InChI is InChI=1S/HO3PS3/c1-4-2-5-7-6-3-4/h1H. The van der Waals surface area contributed by atoms with Crippen molar-refractivity contribution < 1.29 is 12.8 Å². The third kappa shape index (κ3) is 2.41. The van der Waals surface area contributed by atoms with Gasteiger partial charge in [0.15, 0.2) is 0 Å².